The lowest BCUT2D eigenvalue weighted by atomic mass is 10.2. The van der Waals surface area contributed by atoms with E-state index < -0.39 is 0 Å². The van der Waals surface area contributed by atoms with E-state index in [0.29, 0.717) is 29.2 Å². The second-order valence-electron chi connectivity index (χ2n) is 9.00. The van der Waals surface area contributed by atoms with Gasteiger partial charge in [-0.25, -0.2) is 5.43 Å². The summed E-state index contributed by atoms with van der Waals surface area (Å²) in [6, 6.07) is 32.5. The first-order valence-corrected chi connectivity index (χ1v) is 14.6. The Morgan fingerprint density at radius 1 is 0.929 bits per heavy atom. The van der Waals surface area contributed by atoms with Gasteiger partial charge in [-0.15, -0.1) is 10.2 Å². The van der Waals surface area contributed by atoms with Crippen molar-refractivity contribution in [3.05, 3.63) is 119 Å². The van der Waals surface area contributed by atoms with Gasteiger partial charge in [-0.05, 0) is 78.7 Å². The molecular weight excluding hydrogens is 570 g/mol. The molecule has 1 aromatic heterocycles. The summed E-state index contributed by atoms with van der Waals surface area (Å²) < 4.78 is 13.4. The summed E-state index contributed by atoms with van der Waals surface area (Å²) >= 11 is 7.36. The molecule has 5 rings (SSSR count). The molecule has 1 amide bonds. The summed E-state index contributed by atoms with van der Waals surface area (Å²) in [4.78, 5) is 12.7. The van der Waals surface area contributed by atoms with Gasteiger partial charge in [0.25, 0.3) is 5.91 Å². The number of halogens is 1. The Labute approximate surface area is 253 Å². The van der Waals surface area contributed by atoms with Crippen LogP contribution < -0.4 is 14.9 Å². The molecule has 8 nitrogen and oxygen atoms in total. The zero-order chi connectivity index (χ0) is 29.1. The lowest BCUT2D eigenvalue weighted by Crippen LogP contribution is -2.20. The van der Waals surface area contributed by atoms with Crippen molar-refractivity contribution in [2.24, 2.45) is 5.10 Å². The van der Waals surface area contributed by atoms with E-state index in [-0.39, 0.29) is 11.7 Å². The Morgan fingerprint density at radius 2 is 1.71 bits per heavy atom. The Hall–Kier alpha value is -4.60. The van der Waals surface area contributed by atoms with Gasteiger partial charge in [0.05, 0.1) is 18.6 Å². The van der Waals surface area contributed by atoms with E-state index in [1.54, 1.807) is 18.3 Å². The summed E-state index contributed by atoms with van der Waals surface area (Å²) in [5, 5.41) is 14.1. The number of carbonyl (C=O) groups is 1. The lowest BCUT2D eigenvalue weighted by Gasteiger charge is -2.11. The highest BCUT2D eigenvalue weighted by molar-refractivity contribution is 7.99. The molecule has 1 heterocycles. The second-order valence-corrected chi connectivity index (χ2v) is 10.4. The fourth-order valence-electron chi connectivity index (χ4n) is 4.01. The van der Waals surface area contributed by atoms with E-state index in [2.05, 4.69) is 20.7 Å². The van der Waals surface area contributed by atoms with Crippen molar-refractivity contribution < 1.29 is 14.3 Å². The Balaban J connectivity index is 1.23. The number of hydrazone groups is 1. The summed E-state index contributed by atoms with van der Waals surface area (Å²) in [5.41, 5.74) is 6.15. The number of nitrogens with one attached hydrogen (secondary N) is 1. The monoisotopic (exact) mass is 597 g/mol. The first-order valence-electron chi connectivity index (χ1n) is 13.2. The zero-order valence-corrected chi connectivity index (χ0v) is 24.4. The van der Waals surface area contributed by atoms with E-state index in [4.69, 9.17) is 21.1 Å². The topological polar surface area (TPSA) is 90.6 Å². The van der Waals surface area contributed by atoms with Crippen LogP contribution in [0.15, 0.2) is 113 Å². The minimum Gasteiger partial charge on any atom is -0.494 e. The second kappa shape index (κ2) is 14.3. The van der Waals surface area contributed by atoms with Gasteiger partial charge in [-0.2, -0.15) is 5.10 Å². The van der Waals surface area contributed by atoms with E-state index in [0.717, 1.165) is 33.9 Å². The van der Waals surface area contributed by atoms with Gasteiger partial charge < -0.3 is 9.47 Å². The summed E-state index contributed by atoms with van der Waals surface area (Å²) in [6.45, 7) is 2.99. The SMILES string of the molecule is CCOc1ccc(-n2c(SCC(=O)N/N=C\c3cccc(OCc4ccccc4)c3)nnc2-c2ccc(Cl)cc2)cc1. The van der Waals surface area contributed by atoms with Gasteiger partial charge in [-0.1, -0.05) is 65.8 Å². The highest BCUT2D eigenvalue weighted by Gasteiger charge is 2.17. The van der Waals surface area contributed by atoms with Crippen molar-refractivity contribution in [2.45, 2.75) is 18.7 Å². The van der Waals surface area contributed by atoms with E-state index >= 15 is 0 Å². The number of rotatable bonds is 12. The highest BCUT2D eigenvalue weighted by Crippen LogP contribution is 2.29. The molecule has 212 valence electrons. The molecule has 0 fully saturated rings. The Morgan fingerprint density at radius 3 is 2.48 bits per heavy atom. The van der Waals surface area contributed by atoms with Crippen LogP contribution in [-0.4, -0.2) is 39.2 Å². The third-order valence-electron chi connectivity index (χ3n) is 5.98. The summed E-state index contributed by atoms with van der Waals surface area (Å²) in [5.74, 6) is 1.93. The number of hydrogen-bond donors (Lipinski definition) is 1. The molecule has 0 saturated heterocycles. The predicted molar refractivity (Wildman–Crippen MR) is 167 cm³/mol. The molecule has 0 unspecified atom stereocenters. The zero-order valence-electron chi connectivity index (χ0n) is 22.8. The molecule has 0 radical (unpaired) electrons. The third kappa shape index (κ3) is 7.78. The van der Waals surface area contributed by atoms with Gasteiger partial charge in [0, 0.05) is 16.3 Å². The van der Waals surface area contributed by atoms with E-state index in [9.17, 15) is 4.79 Å². The molecule has 42 heavy (non-hydrogen) atoms. The van der Waals surface area contributed by atoms with Crippen LogP contribution in [-0.2, 0) is 11.4 Å². The van der Waals surface area contributed by atoms with Crippen molar-refractivity contribution in [2.75, 3.05) is 12.4 Å². The lowest BCUT2D eigenvalue weighted by molar-refractivity contribution is -0.118. The molecule has 0 aliphatic rings. The number of nitrogens with zero attached hydrogens (tertiary/aromatic N) is 4. The van der Waals surface area contributed by atoms with Gasteiger partial charge in [0.2, 0.25) is 0 Å². The minimum atomic E-state index is -0.276. The van der Waals surface area contributed by atoms with Crippen LogP contribution in [0.4, 0.5) is 0 Å². The van der Waals surface area contributed by atoms with Gasteiger partial charge in [0.15, 0.2) is 11.0 Å². The highest BCUT2D eigenvalue weighted by atomic mass is 35.5. The predicted octanol–water partition coefficient (Wildman–Crippen LogP) is 6.81. The van der Waals surface area contributed by atoms with Crippen LogP contribution in [0.3, 0.4) is 0 Å². The molecule has 0 saturated carbocycles. The summed E-state index contributed by atoms with van der Waals surface area (Å²) in [6.07, 6.45) is 1.58. The van der Waals surface area contributed by atoms with Crippen LogP contribution in [0.2, 0.25) is 5.02 Å². The van der Waals surface area contributed by atoms with Crippen LogP contribution in [0, 0.1) is 0 Å². The van der Waals surface area contributed by atoms with Crippen molar-refractivity contribution in [1.82, 2.24) is 20.2 Å². The van der Waals surface area contributed by atoms with Gasteiger partial charge in [-0.3, -0.25) is 9.36 Å². The first kappa shape index (κ1) is 28.9. The molecule has 4 aromatic carbocycles. The summed E-state index contributed by atoms with van der Waals surface area (Å²) in [7, 11) is 0. The number of aromatic nitrogens is 3. The number of benzene rings is 4. The van der Waals surface area contributed by atoms with Crippen molar-refractivity contribution in [1.29, 1.82) is 0 Å². The fraction of sp³-hybridized carbons (Fsp3) is 0.125. The number of hydrogen-bond acceptors (Lipinski definition) is 7. The minimum absolute atomic E-state index is 0.0906. The van der Waals surface area contributed by atoms with Gasteiger partial charge in [0.1, 0.15) is 18.1 Å². The molecule has 0 spiro atoms. The van der Waals surface area contributed by atoms with E-state index in [1.807, 2.05) is 102 Å². The van der Waals surface area contributed by atoms with Crippen molar-refractivity contribution in [3.8, 4) is 28.6 Å². The number of amides is 1. The Kier molecular flexibility index (Phi) is 9.87. The van der Waals surface area contributed by atoms with Crippen LogP contribution in [0.5, 0.6) is 11.5 Å². The molecule has 0 bridgehead atoms. The maximum Gasteiger partial charge on any atom is 0.250 e. The molecule has 5 aromatic rings. The van der Waals surface area contributed by atoms with Gasteiger partial charge >= 0.3 is 0 Å². The van der Waals surface area contributed by atoms with Crippen LogP contribution >= 0.6 is 23.4 Å². The molecule has 0 aliphatic heterocycles. The average Bonchev–Trinajstić information content (AvgIpc) is 3.44. The largest absolute Gasteiger partial charge is 0.494 e. The maximum atomic E-state index is 12.7. The molecular formula is C32H28ClN5O3S. The first-order chi connectivity index (χ1) is 20.6. The number of carbonyl (C=O) groups excluding carboxylic acids is 1. The number of thioether (sulfide) groups is 1. The smallest absolute Gasteiger partial charge is 0.250 e. The molecule has 10 heteroatoms. The quantitative estimate of drug-likeness (QED) is 0.0965. The molecule has 0 atom stereocenters. The molecule has 1 N–H and O–H groups in total. The molecule has 0 aliphatic carbocycles. The van der Waals surface area contributed by atoms with Crippen LogP contribution in [0.1, 0.15) is 18.1 Å². The fourth-order valence-corrected chi connectivity index (χ4v) is 4.88. The van der Waals surface area contributed by atoms with Crippen molar-refractivity contribution >= 4 is 35.5 Å². The van der Waals surface area contributed by atoms with Crippen LogP contribution in [0.25, 0.3) is 17.1 Å². The number of ether oxygens (including phenoxy) is 2. The normalized spacial score (nSPS) is 11.0. The maximum absolute atomic E-state index is 12.7. The third-order valence-corrected chi connectivity index (χ3v) is 7.16. The van der Waals surface area contributed by atoms with E-state index in [1.165, 1.54) is 11.8 Å². The average molecular weight is 598 g/mol. The standard InChI is InChI=1S/C32H28ClN5O3S/c1-2-40-28-17-15-27(16-18-28)38-31(25-11-13-26(33)14-12-25)36-37-32(38)42-22-30(39)35-34-20-24-9-6-10-29(19-24)41-21-23-7-4-3-5-8-23/h3-20H,2,21-22H2,1H3,(H,35,39)/b34-20-. The Bertz CT molecular complexity index is 1640. The van der Waals surface area contributed by atoms with Crippen molar-refractivity contribution in [3.63, 3.8) is 0 Å².